The van der Waals surface area contributed by atoms with Crippen LogP contribution in [0.4, 0.5) is 0 Å². The minimum absolute atomic E-state index is 0.131. The lowest BCUT2D eigenvalue weighted by molar-refractivity contribution is -0.132. The summed E-state index contributed by atoms with van der Waals surface area (Å²) in [5.74, 6) is 0.265. The highest BCUT2D eigenvalue weighted by atomic mass is 32.1. The average Bonchev–Trinajstić information content (AvgIpc) is 3.09. The number of rotatable bonds is 4. The lowest BCUT2D eigenvalue weighted by Crippen LogP contribution is -2.40. The minimum atomic E-state index is 0.131. The number of carbonyl (C=O) groups is 1. The first-order valence-electron chi connectivity index (χ1n) is 6.86. The van der Waals surface area contributed by atoms with E-state index in [4.69, 9.17) is 4.74 Å². The summed E-state index contributed by atoms with van der Waals surface area (Å²) in [4.78, 5) is 15.4. The molecule has 0 saturated carbocycles. The van der Waals surface area contributed by atoms with Gasteiger partial charge in [-0.25, -0.2) is 0 Å². The molecule has 1 amide bonds. The second kappa shape index (κ2) is 5.95. The third-order valence-corrected chi connectivity index (χ3v) is 4.61. The maximum Gasteiger partial charge on any atom is 0.228 e. The molecule has 0 saturated heterocycles. The van der Waals surface area contributed by atoms with Crippen LogP contribution in [0.25, 0.3) is 0 Å². The van der Waals surface area contributed by atoms with Crippen molar-refractivity contribution in [3.63, 3.8) is 0 Å². The van der Waals surface area contributed by atoms with Crippen LogP contribution >= 0.6 is 11.3 Å². The van der Waals surface area contributed by atoms with Crippen LogP contribution in [0.15, 0.2) is 17.5 Å². The number of aryl methyl sites for hydroxylation is 1. The highest BCUT2D eigenvalue weighted by Crippen LogP contribution is 2.27. The SMILES string of the molecule is COC[C@@H]1CN(C(=O)Cc2cccs2)Cc2nnn(C)c21. The smallest absolute Gasteiger partial charge is 0.228 e. The van der Waals surface area contributed by atoms with Crippen LogP contribution in [0, 0.1) is 0 Å². The predicted molar refractivity (Wildman–Crippen MR) is 79.1 cm³/mol. The second-order valence-electron chi connectivity index (χ2n) is 5.23. The molecule has 0 unspecified atom stereocenters. The first-order valence-corrected chi connectivity index (χ1v) is 7.74. The van der Waals surface area contributed by atoms with Gasteiger partial charge in [-0.2, -0.15) is 0 Å². The molecule has 0 spiro atoms. The molecule has 0 aromatic carbocycles. The topological polar surface area (TPSA) is 60.2 Å². The van der Waals surface area contributed by atoms with Crippen molar-refractivity contribution >= 4 is 17.2 Å². The molecule has 1 aliphatic heterocycles. The monoisotopic (exact) mass is 306 g/mol. The fourth-order valence-electron chi connectivity index (χ4n) is 2.81. The number of thiophene rings is 1. The van der Waals surface area contributed by atoms with Gasteiger partial charge in [-0.05, 0) is 11.4 Å². The number of amides is 1. The molecule has 0 N–H and O–H groups in total. The molecule has 3 rings (SSSR count). The van der Waals surface area contributed by atoms with Gasteiger partial charge in [-0.15, -0.1) is 16.4 Å². The summed E-state index contributed by atoms with van der Waals surface area (Å²) >= 11 is 1.61. The molecule has 112 valence electrons. The zero-order valence-electron chi connectivity index (χ0n) is 12.2. The van der Waals surface area contributed by atoms with Gasteiger partial charge in [-0.1, -0.05) is 11.3 Å². The van der Waals surface area contributed by atoms with Crippen molar-refractivity contribution in [2.75, 3.05) is 20.3 Å². The van der Waals surface area contributed by atoms with E-state index in [1.807, 2.05) is 29.5 Å². The van der Waals surface area contributed by atoms with Gasteiger partial charge in [0.1, 0.15) is 5.69 Å². The maximum absolute atomic E-state index is 12.5. The Morgan fingerprint density at radius 2 is 2.43 bits per heavy atom. The lowest BCUT2D eigenvalue weighted by Gasteiger charge is -2.32. The van der Waals surface area contributed by atoms with Crippen LogP contribution in [-0.2, 0) is 29.5 Å². The van der Waals surface area contributed by atoms with E-state index in [9.17, 15) is 4.79 Å². The number of aromatic nitrogens is 3. The van der Waals surface area contributed by atoms with Crippen molar-refractivity contribution in [3.8, 4) is 0 Å². The van der Waals surface area contributed by atoms with Gasteiger partial charge in [0.2, 0.25) is 5.91 Å². The molecule has 7 heteroatoms. The Morgan fingerprint density at radius 1 is 1.57 bits per heavy atom. The van der Waals surface area contributed by atoms with Crippen LogP contribution in [0.5, 0.6) is 0 Å². The lowest BCUT2D eigenvalue weighted by atomic mass is 9.98. The first-order chi connectivity index (χ1) is 10.2. The number of methoxy groups -OCH3 is 1. The van der Waals surface area contributed by atoms with E-state index in [2.05, 4.69) is 10.3 Å². The Labute approximate surface area is 127 Å². The van der Waals surface area contributed by atoms with E-state index in [1.54, 1.807) is 23.1 Å². The summed E-state index contributed by atoms with van der Waals surface area (Å²) in [6, 6.07) is 3.96. The Kier molecular flexibility index (Phi) is 4.03. The molecule has 0 fully saturated rings. The van der Waals surface area contributed by atoms with Gasteiger partial charge in [0.25, 0.3) is 0 Å². The van der Waals surface area contributed by atoms with Crippen molar-refractivity contribution in [2.45, 2.75) is 18.9 Å². The van der Waals surface area contributed by atoms with Crippen LogP contribution in [0.3, 0.4) is 0 Å². The van der Waals surface area contributed by atoms with E-state index in [-0.39, 0.29) is 11.8 Å². The standard InChI is InChI=1S/C14H18N4O2S/c1-17-14-10(9-20-2)7-18(8-12(14)15-16-17)13(19)6-11-4-3-5-21-11/h3-5,10H,6-9H2,1-2H3/t10-/m0/s1. The molecule has 21 heavy (non-hydrogen) atoms. The number of hydrogen-bond acceptors (Lipinski definition) is 5. The van der Waals surface area contributed by atoms with Crippen molar-refractivity contribution in [2.24, 2.45) is 7.05 Å². The fourth-order valence-corrected chi connectivity index (χ4v) is 3.51. The molecule has 0 bridgehead atoms. The normalized spacial score (nSPS) is 17.8. The first kappa shape index (κ1) is 14.2. The molecular formula is C14H18N4O2S. The van der Waals surface area contributed by atoms with Crippen molar-refractivity contribution in [1.29, 1.82) is 0 Å². The molecule has 2 aromatic rings. The van der Waals surface area contributed by atoms with E-state index in [1.165, 1.54) is 0 Å². The second-order valence-corrected chi connectivity index (χ2v) is 6.26. The number of carbonyl (C=O) groups excluding carboxylic acids is 1. The van der Waals surface area contributed by atoms with Gasteiger partial charge in [-0.3, -0.25) is 9.48 Å². The minimum Gasteiger partial charge on any atom is -0.384 e. The van der Waals surface area contributed by atoms with Crippen LogP contribution in [0.2, 0.25) is 0 Å². The molecule has 2 aromatic heterocycles. The predicted octanol–water partition coefficient (Wildman–Crippen LogP) is 1.19. The zero-order chi connectivity index (χ0) is 14.8. The van der Waals surface area contributed by atoms with Gasteiger partial charge < -0.3 is 9.64 Å². The summed E-state index contributed by atoms with van der Waals surface area (Å²) in [6.07, 6.45) is 0.451. The third-order valence-electron chi connectivity index (χ3n) is 3.74. The number of hydrogen-bond donors (Lipinski definition) is 0. The van der Waals surface area contributed by atoms with Gasteiger partial charge in [0.05, 0.1) is 25.3 Å². The summed E-state index contributed by atoms with van der Waals surface area (Å²) in [7, 11) is 3.56. The van der Waals surface area contributed by atoms with Crippen LogP contribution < -0.4 is 0 Å². The average molecular weight is 306 g/mol. The number of nitrogens with zero attached hydrogens (tertiary/aromatic N) is 4. The number of fused-ring (bicyclic) bond motifs is 1. The van der Waals surface area contributed by atoms with Crippen molar-refractivity contribution in [3.05, 3.63) is 33.8 Å². The Balaban J connectivity index is 1.78. The van der Waals surface area contributed by atoms with Gasteiger partial charge in [0, 0.05) is 31.5 Å². The summed E-state index contributed by atoms with van der Waals surface area (Å²) in [6.45, 7) is 1.76. The Bertz CT molecular complexity index is 623. The highest BCUT2D eigenvalue weighted by molar-refractivity contribution is 7.10. The largest absolute Gasteiger partial charge is 0.384 e. The summed E-state index contributed by atoms with van der Waals surface area (Å²) < 4.78 is 7.08. The summed E-state index contributed by atoms with van der Waals surface area (Å²) in [5, 5.41) is 10.3. The Hall–Kier alpha value is -1.73. The van der Waals surface area contributed by atoms with Gasteiger partial charge >= 0.3 is 0 Å². The van der Waals surface area contributed by atoms with E-state index >= 15 is 0 Å². The molecule has 1 atom stereocenters. The van der Waals surface area contributed by atoms with E-state index in [0.717, 1.165) is 16.3 Å². The van der Waals surface area contributed by atoms with Crippen LogP contribution in [-0.4, -0.2) is 46.1 Å². The third kappa shape index (κ3) is 2.84. The molecule has 0 aliphatic carbocycles. The summed E-state index contributed by atoms with van der Waals surface area (Å²) in [5.41, 5.74) is 1.96. The molecule has 1 aliphatic rings. The molecule has 3 heterocycles. The van der Waals surface area contributed by atoms with Crippen molar-refractivity contribution < 1.29 is 9.53 Å². The van der Waals surface area contributed by atoms with E-state index in [0.29, 0.717) is 26.1 Å². The maximum atomic E-state index is 12.5. The van der Waals surface area contributed by atoms with Crippen molar-refractivity contribution in [1.82, 2.24) is 19.9 Å². The fraction of sp³-hybridized carbons (Fsp3) is 0.500. The Morgan fingerprint density at radius 3 is 3.14 bits per heavy atom. The number of ether oxygens (including phenoxy) is 1. The van der Waals surface area contributed by atoms with E-state index < -0.39 is 0 Å². The zero-order valence-corrected chi connectivity index (χ0v) is 13.0. The highest BCUT2D eigenvalue weighted by Gasteiger charge is 2.32. The molecule has 6 nitrogen and oxygen atoms in total. The van der Waals surface area contributed by atoms with Gasteiger partial charge in [0.15, 0.2) is 0 Å². The molecule has 0 radical (unpaired) electrons. The van der Waals surface area contributed by atoms with Crippen LogP contribution in [0.1, 0.15) is 22.2 Å². The quantitative estimate of drug-likeness (QED) is 0.851. The molecular weight excluding hydrogens is 288 g/mol.